The van der Waals surface area contributed by atoms with E-state index in [4.69, 9.17) is 0 Å². The van der Waals surface area contributed by atoms with Gasteiger partial charge in [-0.15, -0.1) is 0 Å². The number of esters is 1. The van der Waals surface area contributed by atoms with Crippen LogP contribution in [0.15, 0.2) is 12.3 Å². The Bertz CT molecular complexity index is 513. The Morgan fingerprint density at radius 1 is 1.37 bits per heavy atom. The molecule has 2 unspecified atom stereocenters. The number of rotatable bonds is 3. The molecule has 0 spiro atoms. The summed E-state index contributed by atoms with van der Waals surface area (Å²) >= 11 is 0. The third-order valence-electron chi connectivity index (χ3n) is 3.65. The van der Waals surface area contributed by atoms with Crippen molar-refractivity contribution in [3.8, 4) is 0 Å². The van der Waals surface area contributed by atoms with Gasteiger partial charge in [0.2, 0.25) is 5.91 Å². The highest BCUT2D eigenvalue weighted by Crippen LogP contribution is 2.38. The Balaban J connectivity index is 2.44. The van der Waals surface area contributed by atoms with Crippen LogP contribution in [0.3, 0.4) is 0 Å². The predicted octanol–water partition coefficient (Wildman–Crippen LogP) is 2.34. The fourth-order valence-corrected chi connectivity index (χ4v) is 2.65. The Kier molecular flexibility index (Phi) is 3.83. The second kappa shape index (κ2) is 5.38. The molecule has 5 nitrogen and oxygen atoms in total. The summed E-state index contributed by atoms with van der Waals surface area (Å²) in [5.41, 5.74) is 1.84. The average Bonchev–Trinajstić information content (AvgIpc) is 2.44. The van der Waals surface area contributed by atoms with E-state index in [2.05, 4.69) is 15.0 Å². The van der Waals surface area contributed by atoms with Gasteiger partial charge in [-0.3, -0.25) is 9.78 Å². The molecular formula is C14H18N2O3. The number of carbonyl (C=O) groups is 2. The van der Waals surface area contributed by atoms with Crippen LogP contribution in [0, 0.1) is 5.92 Å². The van der Waals surface area contributed by atoms with Gasteiger partial charge in [0, 0.05) is 18.0 Å². The SMILES string of the molecule is CCC1C(=O)Nc2cc(C(=O)OC)cnc2C1CC. The molecule has 0 radical (unpaired) electrons. The molecule has 1 aromatic heterocycles. The maximum atomic E-state index is 12.1. The maximum Gasteiger partial charge on any atom is 0.339 e. The normalized spacial score (nSPS) is 21.5. The predicted molar refractivity (Wildman–Crippen MR) is 71.0 cm³/mol. The molecule has 0 fully saturated rings. The van der Waals surface area contributed by atoms with Crippen LogP contribution in [-0.4, -0.2) is 24.0 Å². The Morgan fingerprint density at radius 2 is 2.05 bits per heavy atom. The van der Waals surface area contributed by atoms with Crippen molar-refractivity contribution in [2.75, 3.05) is 12.4 Å². The molecule has 102 valence electrons. The fourth-order valence-electron chi connectivity index (χ4n) is 2.65. The van der Waals surface area contributed by atoms with Crippen molar-refractivity contribution in [1.82, 2.24) is 4.98 Å². The third-order valence-corrected chi connectivity index (χ3v) is 3.65. The largest absolute Gasteiger partial charge is 0.465 e. The maximum absolute atomic E-state index is 12.1. The molecule has 0 aliphatic carbocycles. The lowest BCUT2D eigenvalue weighted by Crippen LogP contribution is -2.34. The first-order valence-corrected chi connectivity index (χ1v) is 6.51. The molecule has 1 N–H and O–H groups in total. The van der Waals surface area contributed by atoms with E-state index in [-0.39, 0.29) is 17.7 Å². The highest BCUT2D eigenvalue weighted by Gasteiger charge is 2.34. The number of anilines is 1. The van der Waals surface area contributed by atoms with Crippen molar-refractivity contribution in [3.63, 3.8) is 0 Å². The lowest BCUT2D eigenvalue weighted by Gasteiger charge is -2.31. The summed E-state index contributed by atoms with van der Waals surface area (Å²) in [7, 11) is 1.32. The van der Waals surface area contributed by atoms with Crippen LogP contribution in [0.2, 0.25) is 0 Å². The number of hydrogen-bond acceptors (Lipinski definition) is 4. The number of fused-ring (bicyclic) bond motifs is 1. The van der Waals surface area contributed by atoms with Crippen LogP contribution in [0.1, 0.15) is 48.7 Å². The van der Waals surface area contributed by atoms with E-state index in [1.54, 1.807) is 6.07 Å². The molecule has 2 heterocycles. The number of ether oxygens (including phenoxy) is 1. The Labute approximate surface area is 112 Å². The lowest BCUT2D eigenvalue weighted by atomic mass is 9.81. The summed E-state index contributed by atoms with van der Waals surface area (Å²) in [5.74, 6) is -0.379. The number of nitrogens with one attached hydrogen (secondary N) is 1. The van der Waals surface area contributed by atoms with Gasteiger partial charge in [0.1, 0.15) is 0 Å². The van der Waals surface area contributed by atoms with Gasteiger partial charge in [-0.2, -0.15) is 0 Å². The smallest absolute Gasteiger partial charge is 0.339 e. The van der Waals surface area contributed by atoms with Crippen LogP contribution < -0.4 is 5.32 Å². The minimum absolute atomic E-state index is 0.00525. The van der Waals surface area contributed by atoms with Crippen LogP contribution >= 0.6 is 0 Å². The summed E-state index contributed by atoms with van der Waals surface area (Å²) in [6.07, 6.45) is 3.14. The van der Waals surface area contributed by atoms with E-state index >= 15 is 0 Å². The first-order valence-electron chi connectivity index (χ1n) is 6.51. The summed E-state index contributed by atoms with van der Waals surface area (Å²) in [6, 6.07) is 1.64. The van der Waals surface area contributed by atoms with Crippen molar-refractivity contribution in [2.45, 2.75) is 32.6 Å². The van der Waals surface area contributed by atoms with Gasteiger partial charge in [0.25, 0.3) is 0 Å². The van der Waals surface area contributed by atoms with E-state index in [1.807, 2.05) is 13.8 Å². The zero-order chi connectivity index (χ0) is 14.0. The number of pyridine rings is 1. The second-order valence-electron chi connectivity index (χ2n) is 4.67. The highest BCUT2D eigenvalue weighted by atomic mass is 16.5. The molecule has 1 aliphatic heterocycles. The summed E-state index contributed by atoms with van der Waals surface area (Å²) in [5, 5.41) is 2.84. The number of nitrogens with zero attached hydrogens (tertiary/aromatic N) is 1. The molecular weight excluding hydrogens is 244 g/mol. The van der Waals surface area contributed by atoms with E-state index in [1.165, 1.54) is 13.3 Å². The van der Waals surface area contributed by atoms with Crippen molar-refractivity contribution in [2.24, 2.45) is 5.92 Å². The average molecular weight is 262 g/mol. The van der Waals surface area contributed by atoms with Gasteiger partial charge in [0.05, 0.1) is 24.1 Å². The van der Waals surface area contributed by atoms with Crippen molar-refractivity contribution in [3.05, 3.63) is 23.5 Å². The molecule has 5 heteroatoms. The molecule has 1 amide bonds. The number of aromatic nitrogens is 1. The van der Waals surface area contributed by atoms with Crippen LogP contribution in [0.25, 0.3) is 0 Å². The van der Waals surface area contributed by atoms with Gasteiger partial charge >= 0.3 is 5.97 Å². The Hall–Kier alpha value is -1.91. The quantitative estimate of drug-likeness (QED) is 0.849. The monoisotopic (exact) mass is 262 g/mol. The standard InChI is InChI=1S/C14H18N2O3/c1-4-9-10(5-2)13(17)16-11-6-8(14(18)19-3)7-15-12(9)11/h6-7,9-10H,4-5H2,1-3H3,(H,16,17). The van der Waals surface area contributed by atoms with Gasteiger partial charge in [-0.1, -0.05) is 13.8 Å². The van der Waals surface area contributed by atoms with Crippen LogP contribution in [-0.2, 0) is 9.53 Å². The topological polar surface area (TPSA) is 68.3 Å². The van der Waals surface area contributed by atoms with Crippen molar-refractivity contribution < 1.29 is 14.3 Å². The van der Waals surface area contributed by atoms with Crippen LogP contribution in [0.4, 0.5) is 5.69 Å². The number of hydrogen-bond donors (Lipinski definition) is 1. The van der Waals surface area contributed by atoms with Gasteiger partial charge in [-0.05, 0) is 18.9 Å². The zero-order valence-corrected chi connectivity index (χ0v) is 11.4. The molecule has 2 atom stereocenters. The number of amides is 1. The van der Waals surface area contributed by atoms with Crippen molar-refractivity contribution in [1.29, 1.82) is 0 Å². The Morgan fingerprint density at radius 3 is 2.63 bits per heavy atom. The summed E-state index contributed by atoms with van der Waals surface area (Å²) in [6.45, 7) is 4.05. The van der Waals surface area contributed by atoms with Crippen LogP contribution in [0.5, 0.6) is 0 Å². The minimum Gasteiger partial charge on any atom is -0.465 e. The molecule has 0 saturated heterocycles. The van der Waals surface area contributed by atoms with E-state index in [0.717, 1.165) is 18.5 Å². The third kappa shape index (κ3) is 2.32. The molecule has 2 rings (SSSR count). The van der Waals surface area contributed by atoms with Gasteiger partial charge in [0.15, 0.2) is 0 Å². The number of carbonyl (C=O) groups excluding carboxylic acids is 2. The van der Waals surface area contributed by atoms with Crippen molar-refractivity contribution >= 4 is 17.6 Å². The van der Waals surface area contributed by atoms with Gasteiger partial charge < -0.3 is 10.1 Å². The van der Waals surface area contributed by atoms with E-state index in [0.29, 0.717) is 11.3 Å². The fraction of sp³-hybridized carbons (Fsp3) is 0.500. The number of methoxy groups -OCH3 is 1. The highest BCUT2D eigenvalue weighted by molar-refractivity contribution is 5.98. The zero-order valence-electron chi connectivity index (χ0n) is 11.4. The molecule has 0 bridgehead atoms. The van der Waals surface area contributed by atoms with Gasteiger partial charge in [-0.25, -0.2) is 4.79 Å². The molecule has 0 aromatic carbocycles. The first-order chi connectivity index (χ1) is 9.12. The van der Waals surface area contributed by atoms with E-state index in [9.17, 15) is 9.59 Å². The van der Waals surface area contributed by atoms with E-state index < -0.39 is 5.97 Å². The minimum atomic E-state index is -0.449. The molecule has 1 aromatic rings. The second-order valence-corrected chi connectivity index (χ2v) is 4.67. The first kappa shape index (κ1) is 13.5. The summed E-state index contributed by atoms with van der Waals surface area (Å²) < 4.78 is 4.66. The molecule has 1 aliphatic rings. The molecule has 19 heavy (non-hydrogen) atoms. The summed E-state index contributed by atoms with van der Waals surface area (Å²) in [4.78, 5) is 27.9. The lowest BCUT2D eigenvalue weighted by molar-refractivity contribution is -0.121. The molecule has 0 saturated carbocycles.